The van der Waals surface area contributed by atoms with Gasteiger partial charge in [0, 0.05) is 5.56 Å². The highest BCUT2D eigenvalue weighted by Crippen LogP contribution is 2.08. The zero-order valence-corrected chi connectivity index (χ0v) is 10.5. The van der Waals surface area contributed by atoms with Crippen LogP contribution in [0, 0.1) is 6.92 Å². The lowest BCUT2D eigenvalue weighted by atomic mass is 10.1. The number of aryl methyl sites for hydroxylation is 1. The normalized spacial score (nSPS) is 10.6. The number of aromatic hydroxyl groups is 1. The number of hydrazone groups is 1. The van der Waals surface area contributed by atoms with Crippen molar-refractivity contribution in [3.8, 4) is 5.75 Å². The quantitative estimate of drug-likeness (QED) is 0.653. The Bertz CT molecular complexity index is 604. The molecule has 0 saturated carbocycles. The molecule has 2 rings (SSSR count). The largest absolute Gasteiger partial charge is 0.508 e. The molecule has 2 aromatic carbocycles. The highest BCUT2D eigenvalue weighted by Gasteiger charge is 2.02. The molecule has 0 spiro atoms. The van der Waals surface area contributed by atoms with Gasteiger partial charge < -0.3 is 5.11 Å². The van der Waals surface area contributed by atoms with Crippen LogP contribution in [-0.4, -0.2) is 17.2 Å². The van der Waals surface area contributed by atoms with Gasteiger partial charge in [-0.1, -0.05) is 29.8 Å². The highest BCUT2D eigenvalue weighted by molar-refractivity contribution is 5.94. The topological polar surface area (TPSA) is 61.7 Å². The number of hydrogen-bond donors (Lipinski definition) is 2. The van der Waals surface area contributed by atoms with E-state index < -0.39 is 0 Å². The fourth-order valence-corrected chi connectivity index (χ4v) is 1.54. The van der Waals surface area contributed by atoms with Gasteiger partial charge >= 0.3 is 0 Å². The van der Waals surface area contributed by atoms with Gasteiger partial charge in [0.2, 0.25) is 0 Å². The number of benzene rings is 2. The first-order chi connectivity index (χ1) is 9.15. The molecule has 0 aliphatic rings. The molecular weight excluding hydrogens is 240 g/mol. The van der Waals surface area contributed by atoms with Crippen molar-refractivity contribution in [3.63, 3.8) is 0 Å². The summed E-state index contributed by atoms with van der Waals surface area (Å²) in [5.41, 5.74) is 4.80. The molecular formula is C15H14N2O2. The maximum Gasteiger partial charge on any atom is 0.271 e. The van der Waals surface area contributed by atoms with E-state index in [1.165, 1.54) is 6.21 Å². The van der Waals surface area contributed by atoms with E-state index in [0.717, 1.165) is 5.56 Å². The maximum atomic E-state index is 11.7. The van der Waals surface area contributed by atoms with E-state index in [1.54, 1.807) is 36.4 Å². The van der Waals surface area contributed by atoms with Gasteiger partial charge in [0.1, 0.15) is 5.75 Å². The Morgan fingerprint density at radius 2 is 1.95 bits per heavy atom. The van der Waals surface area contributed by atoms with Gasteiger partial charge in [0.05, 0.1) is 6.21 Å². The SMILES string of the molecule is Cc1ccc(C(=O)N/N=C/c2cccc(O)c2)cc1. The number of nitrogens with zero attached hydrogens (tertiary/aromatic N) is 1. The average molecular weight is 254 g/mol. The van der Waals surface area contributed by atoms with Crippen LogP contribution in [0.25, 0.3) is 0 Å². The van der Waals surface area contributed by atoms with Crippen LogP contribution >= 0.6 is 0 Å². The summed E-state index contributed by atoms with van der Waals surface area (Å²) in [5.74, 6) is -0.106. The second-order valence-electron chi connectivity index (χ2n) is 4.16. The van der Waals surface area contributed by atoms with E-state index in [-0.39, 0.29) is 11.7 Å². The molecule has 0 aromatic heterocycles. The summed E-state index contributed by atoms with van der Waals surface area (Å²) < 4.78 is 0. The molecule has 4 heteroatoms. The molecule has 4 nitrogen and oxygen atoms in total. The van der Waals surface area contributed by atoms with Crippen LogP contribution in [0.4, 0.5) is 0 Å². The maximum absolute atomic E-state index is 11.7. The first-order valence-corrected chi connectivity index (χ1v) is 5.84. The Morgan fingerprint density at radius 1 is 1.21 bits per heavy atom. The van der Waals surface area contributed by atoms with E-state index in [9.17, 15) is 9.90 Å². The summed E-state index contributed by atoms with van der Waals surface area (Å²) in [5, 5.41) is 13.1. The Hall–Kier alpha value is -2.62. The zero-order valence-electron chi connectivity index (χ0n) is 10.5. The monoisotopic (exact) mass is 254 g/mol. The molecule has 19 heavy (non-hydrogen) atoms. The van der Waals surface area contributed by atoms with Crippen LogP contribution in [-0.2, 0) is 0 Å². The summed E-state index contributed by atoms with van der Waals surface area (Å²) in [7, 11) is 0. The number of carbonyl (C=O) groups excluding carboxylic acids is 1. The van der Waals surface area contributed by atoms with Crippen molar-refractivity contribution in [3.05, 3.63) is 65.2 Å². The molecule has 0 heterocycles. The van der Waals surface area contributed by atoms with Crippen molar-refractivity contribution < 1.29 is 9.90 Å². The van der Waals surface area contributed by atoms with E-state index in [0.29, 0.717) is 11.1 Å². The van der Waals surface area contributed by atoms with Crippen LogP contribution in [0.3, 0.4) is 0 Å². The molecule has 0 radical (unpaired) electrons. The zero-order chi connectivity index (χ0) is 13.7. The summed E-state index contributed by atoms with van der Waals surface area (Å²) in [6.07, 6.45) is 1.48. The lowest BCUT2D eigenvalue weighted by molar-refractivity contribution is 0.0955. The second kappa shape index (κ2) is 5.82. The molecule has 0 aliphatic carbocycles. The van der Waals surface area contributed by atoms with Gasteiger partial charge in [0.15, 0.2) is 0 Å². The molecule has 2 N–H and O–H groups in total. The third-order valence-electron chi connectivity index (χ3n) is 2.56. The molecule has 0 unspecified atom stereocenters. The second-order valence-corrected chi connectivity index (χ2v) is 4.16. The van der Waals surface area contributed by atoms with Gasteiger partial charge in [-0.3, -0.25) is 4.79 Å². The molecule has 96 valence electrons. The van der Waals surface area contributed by atoms with Crippen molar-refractivity contribution >= 4 is 12.1 Å². The number of amides is 1. The summed E-state index contributed by atoms with van der Waals surface area (Å²) >= 11 is 0. The average Bonchev–Trinajstić information content (AvgIpc) is 2.39. The summed E-state index contributed by atoms with van der Waals surface area (Å²) in [4.78, 5) is 11.7. The van der Waals surface area contributed by atoms with Gasteiger partial charge in [-0.25, -0.2) is 5.43 Å². The van der Waals surface area contributed by atoms with Gasteiger partial charge in [-0.2, -0.15) is 5.10 Å². The minimum Gasteiger partial charge on any atom is -0.508 e. The highest BCUT2D eigenvalue weighted by atomic mass is 16.3. The van der Waals surface area contributed by atoms with Crippen molar-refractivity contribution in [1.82, 2.24) is 5.43 Å². The van der Waals surface area contributed by atoms with E-state index in [1.807, 2.05) is 19.1 Å². The van der Waals surface area contributed by atoms with E-state index in [4.69, 9.17) is 0 Å². The molecule has 2 aromatic rings. The van der Waals surface area contributed by atoms with Crippen molar-refractivity contribution in [2.45, 2.75) is 6.92 Å². The molecule has 0 bridgehead atoms. The van der Waals surface area contributed by atoms with Crippen molar-refractivity contribution in [2.75, 3.05) is 0 Å². The van der Waals surface area contributed by atoms with Crippen LogP contribution < -0.4 is 5.43 Å². The molecule has 0 fully saturated rings. The van der Waals surface area contributed by atoms with Gasteiger partial charge in [-0.05, 0) is 36.8 Å². The first kappa shape index (κ1) is 12.8. The summed E-state index contributed by atoms with van der Waals surface area (Å²) in [6.45, 7) is 1.96. The molecule has 0 aliphatic heterocycles. The molecule has 0 saturated heterocycles. The minimum atomic E-state index is -0.267. The number of phenols is 1. The number of carbonyl (C=O) groups is 1. The standard InChI is InChI=1S/C15H14N2O2/c1-11-5-7-13(8-6-11)15(19)17-16-10-12-3-2-4-14(18)9-12/h2-10,18H,1H3,(H,17,19)/b16-10+. The Kier molecular flexibility index (Phi) is 3.93. The Labute approximate surface area is 111 Å². The first-order valence-electron chi connectivity index (χ1n) is 5.84. The van der Waals surface area contributed by atoms with E-state index >= 15 is 0 Å². The molecule has 0 atom stereocenters. The molecule has 1 amide bonds. The smallest absolute Gasteiger partial charge is 0.271 e. The summed E-state index contributed by atoms with van der Waals surface area (Å²) in [6, 6.07) is 13.8. The fourth-order valence-electron chi connectivity index (χ4n) is 1.54. The number of rotatable bonds is 3. The predicted molar refractivity (Wildman–Crippen MR) is 74.3 cm³/mol. The van der Waals surface area contributed by atoms with Crippen LogP contribution in [0.5, 0.6) is 5.75 Å². The van der Waals surface area contributed by atoms with E-state index in [2.05, 4.69) is 10.5 Å². The lowest BCUT2D eigenvalue weighted by Gasteiger charge is -2.00. The third-order valence-corrected chi connectivity index (χ3v) is 2.56. The van der Waals surface area contributed by atoms with Crippen LogP contribution in [0.15, 0.2) is 53.6 Å². The van der Waals surface area contributed by atoms with Gasteiger partial charge in [0.25, 0.3) is 5.91 Å². The third kappa shape index (κ3) is 3.67. The number of hydrogen-bond acceptors (Lipinski definition) is 3. The Morgan fingerprint density at radius 3 is 2.63 bits per heavy atom. The lowest BCUT2D eigenvalue weighted by Crippen LogP contribution is -2.17. The minimum absolute atomic E-state index is 0.161. The number of phenolic OH excluding ortho intramolecular Hbond substituents is 1. The number of nitrogens with one attached hydrogen (secondary N) is 1. The van der Waals surface area contributed by atoms with Crippen LogP contribution in [0.1, 0.15) is 21.5 Å². The van der Waals surface area contributed by atoms with Crippen molar-refractivity contribution in [2.24, 2.45) is 5.10 Å². The Balaban J connectivity index is 1.98. The predicted octanol–water partition coefficient (Wildman–Crippen LogP) is 2.46. The van der Waals surface area contributed by atoms with Crippen molar-refractivity contribution in [1.29, 1.82) is 0 Å². The fraction of sp³-hybridized carbons (Fsp3) is 0.0667. The van der Waals surface area contributed by atoms with Crippen LogP contribution in [0.2, 0.25) is 0 Å². The van der Waals surface area contributed by atoms with Gasteiger partial charge in [-0.15, -0.1) is 0 Å².